The zero-order chi connectivity index (χ0) is 16.9. The van der Waals surface area contributed by atoms with Crippen molar-refractivity contribution in [3.8, 4) is 5.75 Å². The molecule has 0 amide bonds. The molecule has 2 rings (SSSR count). The molecule has 0 saturated carbocycles. The number of aryl methyl sites for hydroxylation is 1. The minimum Gasteiger partial charge on any atom is -0.597 e. The number of hydroxylamine groups is 1. The van der Waals surface area contributed by atoms with Crippen LogP contribution < -0.4 is 4.74 Å². The highest BCUT2D eigenvalue weighted by Gasteiger charge is 2.17. The van der Waals surface area contributed by atoms with E-state index in [2.05, 4.69) is 9.56 Å². The molecule has 0 radical (unpaired) electrons. The average molecular weight is 336 g/mol. The van der Waals surface area contributed by atoms with Crippen molar-refractivity contribution in [2.24, 2.45) is 5.28 Å². The molecule has 0 bridgehead atoms. The van der Waals surface area contributed by atoms with Crippen LogP contribution in [0.5, 0.6) is 5.75 Å². The van der Waals surface area contributed by atoms with E-state index in [0.717, 1.165) is 5.56 Å². The van der Waals surface area contributed by atoms with Crippen LogP contribution in [-0.4, -0.2) is 20.4 Å². The van der Waals surface area contributed by atoms with Gasteiger partial charge in [0, 0.05) is 5.56 Å². The van der Waals surface area contributed by atoms with E-state index in [1.165, 1.54) is 19.2 Å². The molecule has 0 spiro atoms. The number of nitrogens with zero attached hydrogens (tertiary/aromatic N) is 2. The largest absolute Gasteiger partial charge is 0.597 e. The topological polar surface area (TPSA) is 91.0 Å². The molecule has 23 heavy (non-hydrogen) atoms. The number of hydrogen-bond acceptors (Lipinski definition) is 6. The maximum absolute atomic E-state index is 11.9. The molecule has 122 valence electrons. The van der Waals surface area contributed by atoms with Crippen molar-refractivity contribution in [2.45, 2.75) is 18.4 Å². The SMILES string of the molecule is COc1ccc(C/[N+]([O-])=N/OS(=O)(=O)c2ccc(C)cc2)cc1. The summed E-state index contributed by atoms with van der Waals surface area (Å²) < 4.78 is 33.2. The Morgan fingerprint density at radius 1 is 1.09 bits per heavy atom. The van der Waals surface area contributed by atoms with Crippen molar-refractivity contribution >= 4 is 10.1 Å². The van der Waals surface area contributed by atoms with E-state index < -0.39 is 10.1 Å². The highest BCUT2D eigenvalue weighted by molar-refractivity contribution is 7.86. The fourth-order valence-corrected chi connectivity index (χ4v) is 2.46. The van der Waals surface area contributed by atoms with E-state index in [1.807, 2.05) is 6.92 Å². The number of hydrogen-bond donors (Lipinski definition) is 0. The molecule has 0 saturated heterocycles. The van der Waals surface area contributed by atoms with E-state index in [9.17, 15) is 13.6 Å². The Hall–Kier alpha value is -2.61. The monoisotopic (exact) mass is 336 g/mol. The lowest BCUT2D eigenvalue weighted by molar-refractivity contribution is -0.567. The molecule has 0 heterocycles. The van der Waals surface area contributed by atoms with Gasteiger partial charge in [0.15, 0.2) is 0 Å². The molecule has 8 heteroatoms. The Morgan fingerprint density at radius 2 is 1.70 bits per heavy atom. The van der Waals surface area contributed by atoms with Gasteiger partial charge in [-0.3, -0.25) is 0 Å². The quantitative estimate of drug-likeness (QED) is 0.459. The first kappa shape index (κ1) is 16.8. The van der Waals surface area contributed by atoms with Gasteiger partial charge in [0.2, 0.25) is 11.8 Å². The number of ether oxygens (including phenoxy) is 1. The molecular formula is C15H16N2O5S. The zero-order valence-electron chi connectivity index (χ0n) is 12.7. The maximum Gasteiger partial charge on any atom is 0.363 e. The van der Waals surface area contributed by atoms with E-state index >= 15 is 0 Å². The highest BCUT2D eigenvalue weighted by Crippen LogP contribution is 2.14. The van der Waals surface area contributed by atoms with Crippen LogP contribution in [0.15, 0.2) is 58.7 Å². The van der Waals surface area contributed by atoms with Gasteiger partial charge in [0.1, 0.15) is 10.6 Å². The molecule has 0 aliphatic carbocycles. The summed E-state index contributed by atoms with van der Waals surface area (Å²) in [7, 11) is -2.57. The van der Waals surface area contributed by atoms with Gasteiger partial charge in [-0.2, -0.15) is 8.42 Å². The zero-order valence-corrected chi connectivity index (χ0v) is 13.5. The van der Waals surface area contributed by atoms with E-state index in [0.29, 0.717) is 11.3 Å². The van der Waals surface area contributed by atoms with Crippen LogP contribution in [0.25, 0.3) is 0 Å². The van der Waals surface area contributed by atoms with Gasteiger partial charge in [0.25, 0.3) is 0 Å². The van der Waals surface area contributed by atoms with Gasteiger partial charge >= 0.3 is 10.1 Å². The van der Waals surface area contributed by atoms with Crippen LogP contribution in [-0.2, 0) is 20.9 Å². The molecule has 2 aromatic carbocycles. The number of benzene rings is 2. The Kier molecular flexibility index (Phi) is 5.17. The van der Waals surface area contributed by atoms with Crippen LogP contribution in [0.2, 0.25) is 0 Å². The summed E-state index contributed by atoms with van der Waals surface area (Å²) in [5.74, 6) is 0.654. The van der Waals surface area contributed by atoms with Crippen LogP contribution in [0.4, 0.5) is 0 Å². The van der Waals surface area contributed by atoms with Crippen molar-refractivity contribution in [1.29, 1.82) is 0 Å². The summed E-state index contributed by atoms with van der Waals surface area (Å²) in [6.07, 6.45) is 0. The van der Waals surface area contributed by atoms with Crippen LogP contribution in [0, 0.1) is 12.1 Å². The van der Waals surface area contributed by atoms with Gasteiger partial charge < -0.3 is 9.94 Å². The summed E-state index contributed by atoms with van der Waals surface area (Å²) >= 11 is 0. The van der Waals surface area contributed by atoms with E-state index in [4.69, 9.17) is 4.74 Å². The third kappa shape index (κ3) is 4.68. The van der Waals surface area contributed by atoms with E-state index in [-0.39, 0.29) is 16.3 Å². The lowest BCUT2D eigenvalue weighted by Gasteiger charge is -2.03. The first-order chi connectivity index (χ1) is 10.9. The van der Waals surface area contributed by atoms with Gasteiger partial charge in [0.05, 0.1) is 7.11 Å². The molecule has 0 unspecified atom stereocenters. The number of rotatable bonds is 6. The van der Waals surface area contributed by atoms with Crippen LogP contribution in [0.1, 0.15) is 11.1 Å². The molecule has 0 aromatic heterocycles. The predicted molar refractivity (Wildman–Crippen MR) is 82.2 cm³/mol. The Balaban J connectivity index is 2.04. The average Bonchev–Trinajstić information content (AvgIpc) is 2.54. The molecule has 0 aliphatic heterocycles. The summed E-state index contributed by atoms with van der Waals surface area (Å²) in [5.41, 5.74) is 1.55. The van der Waals surface area contributed by atoms with Crippen LogP contribution in [0.3, 0.4) is 0 Å². The molecule has 0 aliphatic rings. The second-order valence-corrected chi connectivity index (χ2v) is 6.31. The summed E-state index contributed by atoms with van der Waals surface area (Å²) in [4.78, 5) is 0.0952. The Morgan fingerprint density at radius 3 is 2.26 bits per heavy atom. The standard InChI is InChI=1S/C15H16N2O5S/c1-12-3-9-15(10-4-12)23(19,20)22-16-17(18)11-13-5-7-14(21-2)8-6-13/h3-10H,11H2,1-2H3/b17-16-. The Labute approximate surface area is 134 Å². The minimum absolute atomic E-state index is 0.0651. The Bertz CT molecular complexity index is 784. The molecular weight excluding hydrogens is 320 g/mol. The minimum atomic E-state index is -4.10. The molecule has 0 atom stereocenters. The van der Waals surface area contributed by atoms with Crippen molar-refractivity contribution < 1.29 is 22.3 Å². The van der Waals surface area contributed by atoms with Crippen LogP contribution >= 0.6 is 0 Å². The predicted octanol–water partition coefficient (Wildman–Crippen LogP) is 2.79. The first-order valence-corrected chi connectivity index (χ1v) is 8.10. The van der Waals surface area contributed by atoms with Gasteiger partial charge in [-0.1, -0.05) is 22.6 Å². The van der Waals surface area contributed by atoms with Gasteiger partial charge in [-0.05, 0) is 43.3 Å². The van der Waals surface area contributed by atoms with Crippen molar-refractivity contribution in [3.05, 3.63) is 64.9 Å². The third-order valence-corrected chi connectivity index (χ3v) is 4.12. The highest BCUT2D eigenvalue weighted by atomic mass is 32.2. The number of methoxy groups -OCH3 is 1. The lowest BCUT2D eigenvalue weighted by atomic mass is 10.2. The summed E-state index contributed by atoms with van der Waals surface area (Å²) in [6.45, 7) is 1.68. The first-order valence-electron chi connectivity index (χ1n) is 6.69. The second-order valence-electron chi connectivity index (χ2n) is 4.78. The van der Waals surface area contributed by atoms with Crippen molar-refractivity contribution in [1.82, 2.24) is 0 Å². The summed E-state index contributed by atoms with van der Waals surface area (Å²) in [5, 5.41) is 14.7. The summed E-state index contributed by atoms with van der Waals surface area (Å²) in [6, 6.07) is 12.8. The molecule has 0 fully saturated rings. The normalized spacial score (nSPS) is 12.0. The molecule has 2 aromatic rings. The van der Waals surface area contributed by atoms with Gasteiger partial charge in [-0.15, -0.1) is 0 Å². The third-order valence-electron chi connectivity index (χ3n) is 3.01. The second kappa shape index (κ2) is 7.10. The lowest BCUT2D eigenvalue weighted by Crippen LogP contribution is -2.07. The van der Waals surface area contributed by atoms with E-state index in [1.54, 1.807) is 36.4 Å². The fourth-order valence-electron chi connectivity index (χ4n) is 1.75. The molecule has 0 N–H and O–H groups in total. The maximum atomic E-state index is 11.9. The fraction of sp³-hybridized carbons (Fsp3) is 0.200. The van der Waals surface area contributed by atoms with Gasteiger partial charge in [-0.25, -0.2) is 4.28 Å². The van der Waals surface area contributed by atoms with Crippen molar-refractivity contribution in [3.63, 3.8) is 0 Å². The molecule has 7 nitrogen and oxygen atoms in total. The smallest absolute Gasteiger partial charge is 0.363 e. The van der Waals surface area contributed by atoms with Crippen molar-refractivity contribution in [2.75, 3.05) is 7.11 Å².